The summed E-state index contributed by atoms with van der Waals surface area (Å²) >= 11 is 5.63. The summed E-state index contributed by atoms with van der Waals surface area (Å²) in [7, 11) is 0. The van der Waals surface area contributed by atoms with E-state index in [0.29, 0.717) is 5.92 Å². The summed E-state index contributed by atoms with van der Waals surface area (Å²) in [6.07, 6.45) is 8.34. The molecule has 0 amide bonds. The molecule has 0 unspecified atom stereocenters. The molecule has 0 aromatic rings. The molecule has 0 saturated heterocycles. The minimum atomic E-state index is 0.672. The van der Waals surface area contributed by atoms with Crippen LogP contribution in [0.5, 0.6) is 0 Å². The van der Waals surface area contributed by atoms with E-state index in [4.69, 9.17) is 11.6 Å². The SMILES string of the molecule is ClC[C@@H]1C=CCCC1. The fourth-order valence-corrected chi connectivity index (χ4v) is 1.27. The number of hydrogen-bond acceptors (Lipinski definition) is 0. The van der Waals surface area contributed by atoms with Gasteiger partial charge in [-0.15, -0.1) is 11.6 Å². The Labute approximate surface area is 55.5 Å². The largest absolute Gasteiger partial charge is 0.126 e. The monoisotopic (exact) mass is 130 g/mol. The van der Waals surface area contributed by atoms with E-state index in [1.165, 1.54) is 19.3 Å². The second-order valence-electron chi connectivity index (χ2n) is 2.27. The summed E-state index contributed by atoms with van der Waals surface area (Å²) < 4.78 is 0. The molecule has 46 valence electrons. The zero-order valence-electron chi connectivity index (χ0n) is 4.94. The first-order chi connectivity index (χ1) is 3.93. The highest BCUT2D eigenvalue weighted by molar-refractivity contribution is 6.18. The molecule has 0 N–H and O–H groups in total. The summed E-state index contributed by atoms with van der Waals surface area (Å²) in [4.78, 5) is 0. The first kappa shape index (κ1) is 6.15. The summed E-state index contributed by atoms with van der Waals surface area (Å²) in [5.74, 6) is 1.47. The van der Waals surface area contributed by atoms with Gasteiger partial charge in [0.05, 0.1) is 0 Å². The maximum atomic E-state index is 5.63. The minimum Gasteiger partial charge on any atom is -0.126 e. The van der Waals surface area contributed by atoms with Crippen molar-refractivity contribution in [2.75, 3.05) is 5.88 Å². The summed E-state index contributed by atoms with van der Waals surface area (Å²) in [5.41, 5.74) is 0. The second kappa shape index (κ2) is 3.13. The molecule has 0 aromatic heterocycles. The van der Waals surface area contributed by atoms with E-state index in [9.17, 15) is 0 Å². The van der Waals surface area contributed by atoms with Crippen LogP contribution in [-0.2, 0) is 0 Å². The average Bonchev–Trinajstić information content (AvgIpc) is 1.90. The molecule has 0 aliphatic heterocycles. The van der Waals surface area contributed by atoms with Crippen molar-refractivity contribution < 1.29 is 0 Å². The van der Waals surface area contributed by atoms with Gasteiger partial charge in [0.25, 0.3) is 0 Å². The number of allylic oxidation sites excluding steroid dienone is 2. The predicted molar refractivity (Wildman–Crippen MR) is 37.2 cm³/mol. The van der Waals surface area contributed by atoms with Gasteiger partial charge in [-0.05, 0) is 25.2 Å². The van der Waals surface area contributed by atoms with Crippen molar-refractivity contribution in [2.24, 2.45) is 5.92 Å². The number of hydrogen-bond donors (Lipinski definition) is 0. The number of halogens is 1. The highest BCUT2D eigenvalue weighted by atomic mass is 35.5. The van der Waals surface area contributed by atoms with Crippen LogP contribution in [0, 0.1) is 5.92 Å². The molecular formula is C7H11Cl. The van der Waals surface area contributed by atoms with Crippen LogP contribution in [0.4, 0.5) is 0 Å². The van der Waals surface area contributed by atoms with Gasteiger partial charge >= 0.3 is 0 Å². The van der Waals surface area contributed by atoms with Crippen molar-refractivity contribution in [3.63, 3.8) is 0 Å². The van der Waals surface area contributed by atoms with Gasteiger partial charge in [-0.3, -0.25) is 0 Å². The Balaban J connectivity index is 2.32. The Hall–Kier alpha value is 0.0300. The van der Waals surface area contributed by atoms with E-state index in [1.807, 2.05) is 0 Å². The number of alkyl halides is 1. The average molecular weight is 131 g/mol. The smallest absolute Gasteiger partial charge is 0.0286 e. The van der Waals surface area contributed by atoms with E-state index in [-0.39, 0.29) is 0 Å². The molecular weight excluding hydrogens is 120 g/mol. The second-order valence-corrected chi connectivity index (χ2v) is 2.58. The quantitative estimate of drug-likeness (QED) is 0.378. The zero-order chi connectivity index (χ0) is 5.82. The first-order valence-electron chi connectivity index (χ1n) is 3.16. The Kier molecular flexibility index (Phi) is 2.41. The van der Waals surface area contributed by atoms with E-state index in [2.05, 4.69) is 12.2 Å². The standard InChI is InChI=1S/C7H11Cl/c8-6-7-4-2-1-3-5-7/h2,4,7H,1,3,5-6H2/t7-/m1/s1. The molecule has 0 aromatic carbocycles. The molecule has 1 atom stereocenters. The van der Waals surface area contributed by atoms with Crippen molar-refractivity contribution in [2.45, 2.75) is 19.3 Å². The molecule has 1 aliphatic rings. The molecule has 0 fully saturated rings. The molecule has 1 aliphatic carbocycles. The Morgan fingerprint density at radius 3 is 2.88 bits per heavy atom. The van der Waals surface area contributed by atoms with Crippen LogP contribution in [0.2, 0.25) is 0 Å². The van der Waals surface area contributed by atoms with Crippen LogP contribution in [0.15, 0.2) is 12.2 Å². The van der Waals surface area contributed by atoms with Gasteiger partial charge in [-0.1, -0.05) is 12.2 Å². The normalized spacial score (nSPS) is 28.4. The topological polar surface area (TPSA) is 0 Å². The van der Waals surface area contributed by atoms with E-state index >= 15 is 0 Å². The van der Waals surface area contributed by atoms with Crippen LogP contribution < -0.4 is 0 Å². The number of rotatable bonds is 1. The van der Waals surface area contributed by atoms with Crippen LogP contribution >= 0.6 is 11.6 Å². The molecule has 0 heterocycles. The lowest BCUT2D eigenvalue weighted by molar-refractivity contribution is 0.589. The van der Waals surface area contributed by atoms with Crippen molar-refractivity contribution in [1.82, 2.24) is 0 Å². The molecule has 8 heavy (non-hydrogen) atoms. The van der Waals surface area contributed by atoms with Crippen molar-refractivity contribution in [1.29, 1.82) is 0 Å². The summed E-state index contributed by atoms with van der Waals surface area (Å²) in [6.45, 7) is 0. The van der Waals surface area contributed by atoms with E-state index < -0.39 is 0 Å². The maximum Gasteiger partial charge on any atom is 0.0286 e. The fraction of sp³-hybridized carbons (Fsp3) is 0.714. The highest BCUT2D eigenvalue weighted by Gasteiger charge is 2.04. The van der Waals surface area contributed by atoms with Gasteiger partial charge in [0.1, 0.15) is 0 Å². The summed E-state index contributed by atoms with van der Waals surface area (Å²) in [6, 6.07) is 0. The molecule has 0 spiro atoms. The molecule has 0 bridgehead atoms. The lowest BCUT2D eigenvalue weighted by atomic mass is 9.98. The van der Waals surface area contributed by atoms with Crippen LogP contribution in [-0.4, -0.2) is 5.88 Å². The lowest BCUT2D eigenvalue weighted by Gasteiger charge is -2.11. The third kappa shape index (κ3) is 1.52. The predicted octanol–water partition coefficient (Wildman–Crippen LogP) is 2.58. The third-order valence-corrected chi connectivity index (χ3v) is 1.95. The van der Waals surface area contributed by atoms with Gasteiger partial charge in [0, 0.05) is 5.88 Å². The van der Waals surface area contributed by atoms with Gasteiger partial charge in [-0.2, -0.15) is 0 Å². The first-order valence-corrected chi connectivity index (χ1v) is 3.69. The van der Waals surface area contributed by atoms with Crippen LogP contribution in [0.25, 0.3) is 0 Å². The van der Waals surface area contributed by atoms with Crippen LogP contribution in [0.1, 0.15) is 19.3 Å². The van der Waals surface area contributed by atoms with Gasteiger partial charge < -0.3 is 0 Å². The van der Waals surface area contributed by atoms with E-state index in [0.717, 1.165) is 5.88 Å². The summed E-state index contributed by atoms with van der Waals surface area (Å²) in [5, 5.41) is 0. The van der Waals surface area contributed by atoms with Gasteiger partial charge in [0.2, 0.25) is 0 Å². The molecule has 1 heteroatoms. The van der Waals surface area contributed by atoms with Crippen molar-refractivity contribution in [3.05, 3.63) is 12.2 Å². The fourth-order valence-electron chi connectivity index (χ4n) is 1.01. The molecule has 0 saturated carbocycles. The Bertz CT molecular complexity index is 86.4. The zero-order valence-corrected chi connectivity index (χ0v) is 5.69. The molecule has 0 radical (unpaired) electrons. The van der Waals surface area contributed by atoms with Gasteiger partial charge in [0.15, 0.2) is 0 Å². The lowest BCUT2D eigenvalue weighted by Crippen LogP contribution is -2.00. The van der Waals surface area contributed by atoms with Crippen LogP contribution in [0.3, 0.4) is 0 Å². The van der Waals surface area contributed by atoms with Crippen molar-refractivity contribution >= 4 is 11.6 Å². The highest BCUT2D eigenvalue weighted by Crippen LogP contribution is 2.17. The molecule has 1 rings (SSSR count). The third-order valence-electron chi connectivity index (χ3n) is 1.55. The van der Waals surface area contributed by atoms with E-state index in [1.54, 1.807) is 0 Å². The minimum absolute atomic E-state index is 0.672. The van der Waals surface area contributed by atoms with Gasteiger partial charge in [-0.25, -0.2) is 0 Å². The molecule has 0 nitrogen and oxygen atoms in total. The Morgan fingerprint density at radius 2 is 2.50 bits per heavy atom. The van der Waals surface area contributed by atoms with Crippen molar-refractivity contribution in [3.8, 4) is 0 Å². The Morgan fingerprint density at radius 1 is 1.62 bits per heavy atom. The maximum absolute atomic E-state index is 5.63.